The molecule has 0 spiro atoms. The fourth-order valence-electron chi connectivity index (χ4n) is 3.00. The van der Waals surface area contributed by atoms with Crippen LogP contribution in [0.2, 0.25) is 0 Å². The Morgan fingerprint density at radius 3 is 2.95 bits per heavy atom. The van der Waals surface area contributed by atoms with Gasteiger partial charge in [0.05, 0.1) is 18.0 Å². The molecule has 0 aliphatic carbocycles. The van der Waals surface area contributed by atoms with E-state index < -0.39 is 5.54 Å². The van der Waals surface area contributed by atoms with Gasteiger partial charge in [-0.2, -0.15) is 5.26 Å². The van der Waals surface area contributed by atoms with E-state index in [1.54, 1.807) is 11.8 Å². The molecular weight excluding hydrogens is 280 g/mol. The molecule has 0 amide bonds. The molecule has 114 valence electrons. The van der Waals surface area contributed by atoms with Gasteiger partial charge in [0, 0.05) is 19.3 Å². The van der Waals surface area contributed by atoms with Crippen LogP contribution >= 0.6 is 0 Å². The van der Waals surface area contributed by atoms with E-state index in [2.05, 4.69) is 25.9 Å². The molecule has 0 radical (unpaired) electrons. The molecular formula is C14H18N8. The molecule has 1 atom stereocenters. The summed E-state index contributed by atoms with van der Waals surface area (Å²) in [4.78, 5) is 15.5. The van der Waals surface area contributed by atoms with Gasteiger partial charge in [-0.3, -0.25) is 5.41 Å². The Kier molecular flexibility index (Phi) is 3.13. The first-order valence-corrected chi connectivity index (χ1v) is 7.03. The summed E-state index contributed by atoms with van der Waals surface area (Å²) in [6.45, 7) is 5.38. The molecule has 22 heavy (non-hydrogen) atoms. The maximum atomic E-state index is 9.55. The van der Waals surface area contributed by atoms with Crippen LogP contribution in [0.15, 0.2) is 12.5 Å². The predicted octanol–water partition coefficient (Wildman–Crippen LogP) is 0.564. The average Bonchev–Trinajstić information content (AvgIpc) is 2.88. The molecule has 1 fully saturated rings. The maximum Gasteiger partial charge on any atom is 0.189 e. The second kappa shape index (κ2) is 4.87. The Bertz CT molecular complexity index is 773. The highest BCUT2D eigenvalue weighted by Gasteiger charge is 2.39. The van der Waals surface area contributed by atoms with E-state index >= 15 is 0 Å². The molecule has 4 N–H and O–H groups in total. The molecule has 1 saturated heterocycles. The van der Waals surface area contributed by atoms with Crippen LogP contribution in [-0.4, -0.2) is 51.0 Å². The second-order valence-electron chi connectivity index (χ2n) is 5.74. The first kappa shape index (κ1) is 14.1. The number of nitrogens with zero attached hydrogens (tertiary/aromatic N) is 5. The smallest absolute Gasteiger partial charge is 0.189 e. The molecule has 0 saturated carbocycles. The number of aryl methyl sites for hydroxylation is 1. The van der Waals surface area contributed by atoms with Crippen molar-refractivity contribution in [3.63, 3.8) is 0 Å². The SMILES string of the molecule is Cc1c[nH]c2ncnc(N3CCN(C(=N)N)C(C)(C#N)C3)c12. The van der Waals surface area contributed by atoms with E-state index in [4.69, 9.17) is 11.1 Å². The standard InChI is InChI=1S/C14H18N8/c1-9-5-18-11-10(9)12(20-8-19-11)21-3-4-22(13(16)17)14(2,6-15)7-21/h5,8H,3-4,7H2,1-2H3,(H3,16,17)(H,18,19,20). The molecule has 2 aromatic rings. The number of aromatic amines is 1. The number of rotatable bonds is 1. The summed E-state index contributed by atoms with van der Waals surface area (Å²) < 4.78 is 0. The van der Waals surface area contributed by atoms with E-state index in [9.17, 15) is 5.26 Å². The van der Waals surface area contributed by atoms with Gasteiger partial charge in [0.25, 0.3) is 0 Å². The molecule has 1 unspecified atom stereocenters. The maximum absolute atomic E-state index is 9.55. The van der Waals surface area contributed by atoms with Gasteiger partial charge in [-0.25, -0.2) is 9.97 Å². The average molecular weight is 298 g/mol. The van der Waals surface area contributed by atoms with Crippen molar-refractivity contribution in [3.8, 4) is 6.07 Å². The van der Waals surface area contributed by atoms with Crippen LogP contribution in [0.1, 0.15) is 12.5 Å². The van der Waals surface area contributed by atoms with E-state index in [-0.39, 0.29) is 5.96 Å². The Morgan fingerprint density at radius 2 is 2.27 bits per heavy atom. The van der Waals surface area contributed by atoms with Gasteiger partial charge < -0.3 is 20.5 Å². The first-order chi connectivity index (χ1) is 10.5. The van der Waals surface area contributed by atoms with Crippen LogP contribution in [0, 0.1) is 23.7 Å². The van der Waals surface area contributed by atoms with Gasteiger partial charge in [0.15, 0.2) is 5.96 Å². The van der Waals surface area contributed by atoms with Crippen molar-refractivity contribution in [2.75, 3.05) is 24.5 Å². The third kappa shape index (κ3) is 2.02. The van der Waals surface area contributed by atoms with Crippen molar-refractivity contribution in [2.45, 2.75) is 19.4 Å². The number of anilines is 1. The summed E-state index contributed by atoms with van der Waals surface area (Å²) in [7, 11) is 0. The fourth-order valence-corrected chi connectivity index (χ4v) is 3.00. The normalized spacial score (nSPS) is 21.9. The highest BCUT2D eigenvalue weighted by molar-refractivity contribution is 5.90. The summed E-state index contributed by atoms with van der Waals surface area (Å²) in [6, 6.07) is 2.28. The number of guanidine groups is 1. The third-order valence-corrected chi connectivity index (χ3v) is 4.17. The molecule has 1 aliphatic rings. The van der Waals surface area contributed by atoms with Crippen molar-refractivity contribution in [3.05, 3.63) is 18.1 Å². The fraction of sp³-hybridized carbons (Fsp3) is 0.429. The van der Waals surface area contributed by atoms with Gasteiger partial charge in [0.1, 0.15) is 23.3 Å². The monoisotopic (exact) mass is 298 g/mol. The Balaban J connectivity index is 2.01. The van der Waals surface area contributed by atoms with Crippen LogP contribution in [0.25, 0.3) is 11.0 Å². The summed E-state index contributed by atoms with van der Waals surface area (Å²) in [5, 5.41) is 18.2. The van der Waals surface area contributed by atoms with Crippen molar-refractivity contribution in [2.24, 2.45) is 5.73 Å². The zero-order chi connectivity index (χ0) is 15.9. The number of hydrogen-bond donors (Lipinski definition) is 3. The summed E-state index contributed by atoms with van der Waals surface area (Å²) in [6.07, 6.45) is 3.42. The van der Waals surface area contributed by atoms with Crippen LogP contribution in [0.4, 0.5) is 5.82 Å². The van der Waals surface area contributed by atoms with Gasteiger partial charge >= 0.3 is 0 Å². The largest absolute Gasteiger partial charge is 0.370 e. The number of piperazine rings is 1. The number of fused-ring (bicyclic) bond motifs is 1. The third-order valence-electron chi connectivity index (χ3n) is 4.17. The molecule has 8 heteroatoms. The lowest BCUT2D eigenvalue weighted by Crippen LogP contribution is -2.63. The lowest BCUT2D eigenvalue weighted by atomic mass is 9.98. The molecule has 3 heterocycles. The molecule has 0 bridgehead atoms. The number of H-pyrrole nitrogens is 1. The minimum Gasteiger partial charge on any atom is -0.370 e. The van der Waals surface area contributed by atoms with Crippen LogP contribution in [0.3, 0.4) is 0 Å². The van der Waals surface area contributed by atoms with Crippen molar-refractivity contribution < 1.29 is 0 Å². The lowest BCUT2D eigenvalue weighted by molar-refractivity contribution is 0.226. The Labute approximate surface area is 128 Å². The zero-order valence-corrected chi connectivity index (χ0v) is 12.6. The quantitative estimate of drug-likeness (QED) is 0.522. The number of nitrogens with one attached hydrogen (secondary N) is 2. The molecule has 1 aliphatic heterocycles. The van der Waals surface area contributed by atoms with Gasteiger partial charge in [-0.1, -0.05) is 0 Å². The number of nitrogens with two attached hydrogens (primary N) is 1. The Morgan fingerprint density at radius 1 is 1.50 bits per heavy atom. The van der Waals surface area contributed by atoms with Gasteiger partial charge in [-0.05, 0) is 19.4 Å². The van der Waals surface area contributed by atoms with Gasteiger partial charge in [0.2, 0.25) is 0 Å². The minimum atomic E-state index is -0.856. The van der Waals surface area contributed by atoms with Crippen molar-refractivity contribution in [1.29, 1.82) is 10.7 Å². The van der Waals surface area contributed by atoms with E-state index in [1.807, 2.05) is 13.1 Å². The number of aromatic nitrogens is 3. The summed E-state index contributed by atoms with van der Waals surface area (Å²) >= 11 is 0. The Hall–Kier alpha value is -2.82. The van der Waals surface area contributed by atoms with E-state index in [0.717, 1.165) is 22.4 Å². The second-order valence-corrected chi connectivity index (χ2v) is 5.74. The predicted molar refractivity (Wildman–Crippen MR) is 83.5 cm³/mol. The minimum absolute atomic E-state index is 0.0747. The number of nitriles is 1. The first-order valence-electron chi connectivity index (χ1n) is 7.03. The molecule has 3 rings (SSSR count). The topological polar surface area (TPSA) is 122 Å². The summed E-state index contributed by atoms with van der Waals surface area (Å²) in [5.41, 5.74) is 6.61. The molecule has 0 aromatic carbocycles. The number of hydrogen-bond acceptors (Lipinski definition) is 5. The van der Waals surface area contributed by atoms with Crippen LogP contribution in [-0.2, 0) is 0 Å². The van der Waals surface area contributed by atoms with E-state index in [0.29, 0.717) is 19.6 Å². The highest BCUT2D eigenvalue weighted by Crippen LogP contribution is 2.30. The summed E-state index contributed by atoms with van der Waals surface area (Å²) in [5.74, 6) is 0.739. The van der Waals surface area contributed by atoms with E-state index in [1.165, 1.54) is 6.33 Å². The zero-order valence-electron chi connectivity index (χ0n) is 12.6. The van der Waals surface area contributed by atoms with Gasteiger partial charge in [-0.15, -0.1) is 0 Å². The highest BCUT2D eigenvalue weighted by atomic mass is 15.4. The van der Waals surface area contributed by atoms with Crippen molar-refractivity contribution in [1.82, 2.24) is 19.9 Å². The molecule has 2 aromatic heterocycles. The van der Waals surface area contributed by atoms with Crippen LogP contribution in [0.5, 0.6) is 0 Å². The van der Waals surface area contributed by atoms with Crippen LogP contribution < -0.4 is 10.6 Å². The molecule has 8 nitrogen and oxygen atoms in total. The lowest BCUT2D eigenvalue weighted by Gasteiger charge is -2.45. The van der Waals surface area contributed by atoms with Crippen molar-refractivity contribution >= 4 is 22.8 Å².